The Morgan fingerprint density at radius 3 is 2.42 bits per heavy atom. The lowest BCUT2D eigenvalue weighted by Crippen LogP contribution is -2.33. The Hall–Kier alpha value is -2.74. The molecule has 4 nitrogen and oxygen atoms in total. The minimum atomic E-state index is -1.59. The highest BCUT2D eigenvalue weighted by Gasteiger charge is 2.25. The number of alkyl halides is 1. The minimum absolute atomic E-state index is 0.00896. The number of fused-ring (bicyclic) bond motifs is 1. The van der Waals surface area contributed by atoms with Crippen molar-refractivity contribution in [2.24, 2.45) is 0 Å². The van der Waals surface area contributed by atoms with E-state index in [1.54, 1.807) is 18.2 Å². The second-order valence-electron chi connectivity index (χ2n) is 5.28. The summed E-state index contributed by atoms with van der Waals surface area (Å²) in [6.45, 7) is -0.788. The third-order valence-corrected chi connectivity index (χ3v) is 3.89. The third-order valence-electron chi connectivity index (χ3n) is 3.66. The average molecular weight is 384 g/mol. The molecule has 0 fully saturated rings. The molecule has 0 aliphatic carbocycles. The summed E-state index contributed by atoms with van der Waals surface area (Å²) in [7, 11) is 0. The van der Waals surface area contributed by atoms with Gasteiger partial charge in [-0.1, -0.05) is 0 Å². The number of rotatable bonds is 4. The normalized spacial score (nSPS) is 11.0. The van der Waals surface area contributed by atoms with Gasteiger partial charge in [-0.05, 0) is 24.3 Å². The first kappa shape index (κ1) is 18.1. The van der Waals surface area contributed by atoms with E-state index in [4.69, 9.17) is 11.6 Å². The van der Waals surface area contributed by atoms with Gasteiger partial charge in [-0.3, -0.25) is 9.69 Å². The van der Waals surface area contributed by atoms with Crippen LogP contribution in [0.15, 0.2) is 36.5 Å². The van der Waals surface area contributed by atoms with Gasteiger partial charge in [0.15, 0.2) is 28.9 Å². The number of anilines is 1. The number of nitrogens with zero attached hydrogens (tertiary/aromatic N) is 3. The summed E-state index contributed by atoms with van der Waals surface area (Å²) in [5, 5.41) is 0.670. The topological polar surface area (TPSA) is 46.1 Å². The van der Waals surface area contributed by atoms with Crippen LogP contribution in [0, 0.1) is 23.3 Å². The summed E-state index contributed by atoms with van der Waals surface area (Å²) in [6, 6.07) is 6.53. The van der Waals surface area contributed by atoms with Gasteiger partial charge < -0.3 is 0 Å². The molecular formula is C17H10ClF4N3O. The maximum absolute atomic E-state index is 14.0. The van der Waals surface area contributed by atoms with E-state index in [1.165, 1.54) is 12.3 Å². The molecule has 0 saturated heterocycles. The van der Waals surface area contributed by atoms with Gasteiger partial charge in [0.25, 0.3) is 0 Å². The van der Waals surface area contributed by atoms with Crippen molar-refractivity contribution >= 4 is 34.4 Å². The number of benzene rings is 1. The number of halogens is 5. The van der Waals surface area contributed by atoms with Gasteiger partial charge in [0, 0.05) is 23.2 Å². The van der Waals surface area contributed by atoms with Gasteiger partial charge in [-0.25, -0.2) is 27.5 Å². The summed E-state index contributed by atoms with van der Waals surface area (Å²) in [6.07, 6.45) is 1.48. The fourth-order valence-electron chi connectivity index (χ4n) is 2.38. The molecule has 0 aliphatic heterocycles. The molecule has 2 heterocycles. The van der Waals surface area contributed by atoms with Crippen LogP contribution in [0.25, 0.3) is 11.0 Å². The Morgan fingerprint density at radius 1 is 1.08 bits per heavy atom. The Morgan fingerprint density at radius 2 is 1.77 bits per heavy atom. The fraction of sp³-hybridized carbons (Fsp3) is 0.118. The van der Waals surface area contributed by atoms with Gasteiger partial charge >= 0.3 is 0 Å². The van der Waals surface area contributed by atoms with Crippen LogP contribution in [0.3, 0.4) is 0 Å². The highest BCUT2D eigenvalue weighted by atomic mass is 35.5. The van der Waals surface area contributed by atoms with Crippen molar-refractivity contribution in [2.75, 3.05) is 10.8 Å². The van der Waals surface area contributed by atoms with Crippen LogP contribution in [-0.2, 0) is 11.3 Å². The lowest BCUT2D eigenvalue weighted by atomic mass is 10.1. The van der Waals surface area contributed by atoms with Crippen LogP contribution in [0.5, 0.6) is 0 Å². The zero-order valence-corrected chi connectivity index (χ0v) is 13.8. The molecule has 0 radical (unpaired) electrons. The molecule has 1 amide bonds. The van der Waals surface area contributed by atoms with Crippen molar-refractivity contribution < 1.29 is 22.4 Å². The number of hydrogen-bond acceptors (Lipinski definition) is 3. The zero-order valence-electron chi connectivity index (χ0n) is 13.0. The van der Waals surface area contributed by atoms with Gasteiger partial charge in [0.1, 0.15) is 11.7 Å². The maximum atomic E-state index is 14.0. The highest BCUT2D eigenvalue weighted by Crippen LogP contribution is 2.24. The van der Waals surface area contributed by atoms with E-state index in [2.05, 4.69) is 9.97 Å². The van der Waals surface area contributed by atoms with E-state index in [-0.39, 0.29) is 17.5 Å². The van der Waals surface area contributed by atoms with E-state index >= 15 is 0 Å². The molecule has 2 aromatic heterocycles. The summed E-state index contributed by atoms with van der Waals surface area (Å²) in [4.78, 5) is 21.2. The molecule has 0 unspecified atom stereocenters. The monoisotopic (exact) mass is 383 g/mol. The quantitative estimate of drug-likeness (QED) is 0.389. The van der Waals surface area contributed by atoms with E-state index in [9.17, 15) is 22.4 Å². The van der Waals surface area contributed by atoms with Crippen LogP contribution < -0.4 is 4.90 Å². The number of carbonyl (C=O) groups is 1. The summed E-state index contributed by atoms with van der Waals surface area (Å²) in [5.74, 6) is -7.59. The molecule has 9 heteroatoms. The Bertz CT molecular complexity index is 973. The molecule has 3 rings (SSSR count). The van der Waals surface area contributed by atoms with E-state index in [0.29, 0.717) is 5.39 Å². The lowest BCUT2D eigenvalue weighted by Gasteiger charge is -2.22. The van der Waals surface area contributed by atoms with Crippen LogP contribution in [0.1, 0.15) is 5.56 Å². The lowest BCUT2D eigenvalue weighted by molar-refractivity contribution is -0.116. The van der Waals surface area contributed by atoms with Crippen molar-refractivity contribution in [1.82, 2.24) is 9.97 Å². The molecule has 0 spiro atoms. The van der Waals surface area contributed by atoms with Crippen LogP contribution in [0.2, 0.25) is 0 Å². The van der Waals surface area contributed by atoms with Gasteiger partial charge in [-0.15, -0.1) is 11.6 Å². The fourth-order valence-corrected chi connectivity index (χ4v) is 2.53. The minimum Gasteiger partial charge on any atom is -0.291 e. The molecule has 1 aromatic carbocycles. The zero-order chi connectivity index (χ0) is 18.8. The van der Waals surface area contributed by atoms with Crippen molar-refractivity contribution in [3.63, 3.8) is 0 Å². The van der Waals surface area contributed by atoms with Crippen molar-refractivity contribution in [3.05, 3.63) is 65.4 Å². The second kappa shape index (κ2) is 7.25. The number of pyridine rings is 2. The molecule has 0 N–H and O–H groups in total. The van der Waals surface area contributed by atoms with Crippen molar-refractivity contribution in [2.45, 2.75) is 6.54 Å². The molecule has 3 aromatic rings. The molecular weight excluding hydrogens is 374 g/mol. The number of aromatic nitrogens is 2. The predicted octanol–water partition coefficient (Wildman–Crippen LogP) is 3.96. The third kappa shape index (κ3) is 3.32. The largest absolute Gasteiger partial charge is 0.291 e. The van der Waals surface area contributed by atoms with Crippen LogP contribution in [0.4, 0.5) is 23.4 Å². The first-order chi connectivity index (χ1) is 12.4. The SMILES string of the molecule is O=C(CCl)N(Cc1c(F)c(F)cc(F)c1F)c1ccc2cccnc2n1. The van der Waals surface area contributed by atoms with Crippen molar-refractivity contribution in [3.8, 4) is 0 Å². The van der Waals surface area contributed by atoms with Gasteiger partial charge in [-0.2, -0.15) is 0 Å². The molecule has 0 aliphatic rings. The summed E-state index contributed by atoms with van der Waals surface area (Å²) >= 11 is 5.55. The Kier molecular flexibility index (Phi) is 5.03. The average Bonchev–Trinajstić information content (AvgIpc) is 2.65. The number of carbonyl (C=O) groups excluding carboxylic acids is 1. The first-order valence-electron chi connectivity index (χ1n) is 7.32. The van der Waals surface area contributed by atoms with E-state index in [1.807, 2.05) is 0 Å². The molecule has 0 atom stereocenters. The second-order valence-corrected chi connectivity index (χ2v) is 5.55. The van der Waals surface area contributed by atoms with Crippen molar-refractivity contribution in [1.29, 1.82) is 0 Å². The van der Waals surface area contributed by atoms with Gasteiger partial charge in [0.2, 0.25) is 5.91 Å². The smallest absolute Gasteiger partial charge is 0.243 e. The standard InChI is InChI=1S/C17H10ClF4N3O/c18-7-14(26)25(8-10-15(21)11(19)6-12(20)16(10)22)13-4-3-9-2-1-5-23-17(9)24-13/h1-6H,7-8H2. The predicted molar refractivity (Wildman–Crippen MR) is 87.7 cm³/mol. The first-order valence-corrected chi connectivity index (χ1v) is 7.85. The summed E-state index contributed by atoms with van der Waals surface area (Å²) in [5.41, 5.74) is -0.660. The van der Waals surface area contributed by atoms with Gasteiger partial charge in [0.05, 0.1) is 6.54 Å². The molecule has 0 saturated carbocycles. The summed E-state index contributed by atoms with van der Waals surface area (Å²) < 4.78 is 54.8. The maximum Gasteiger partial charge on any atom is 0.243 e. The molecule has 134 valence electrons. The Labute approximate surface area is 150 Å². The van der Waals surface area contributed by atoms with Crippen LogP contribution >= 0.6 is 11.6 Å². The van der Waals surface area contributed by atoms with Crippen LogP contribution in [-0.4, -0.2) is 21.8 Å². The molecule has 0 bridgehead atoms. The Balaban J connectivity index is 2.08. The number of amides is 1. The number of hydrogen-bond donors (Lipinski definition) is 0. The highest BCUT2D eigenvalue weighted by molar-refractivity contribution is 6.29. The van der Waals surface area contributed by atoms with E-state index < -0.39 is 47.2 Å². The van der Waals surface area contributed by atoms with E-state index in [0.717, 1.165) is 4.90 Å². The molecule has 26 heavy (non-hydrogen) atoms.